The van der Waals surface area contributed by atoms with E-state index in [1.807, 2.05) is 17.5 Å². The summed E-state index contributed by atoms with van der Waals surface area (Å²) in [5.74, 6) is 0.00778. The fourth-order valence-corrected chi connectivity index (χ4v) is 2.63. The summed E-state index contributed by atoms with van der Waals surface area (Å²) >= 11 is 1.65. The van der Waals surface area contributed by atoms with Gasteiger partial charge in [0.25, 0.3) is 0 Å². The molecule has 3 nitrogen and oxygen atoms in total. The molecular formula is C11H16N2OS. The second-order valence-corrected chi connectivity index (χ2v) is 5.16. The topological polar surface area (TPSA) is 55.1 Å². The van der Waals surface area contributed by atoms with Crippen LogP contribution in [-0.2, 0) is 11.3 Å². The monoisotopic (exact) mass is 224 g/mol. The molecule has 0 unspecified atom stereocenters. The third kappa shape index (κ3) is 2.38. The number of nitrogens with one attached hydrogen (secondary N) is 1. The molecule has 1 aliphatic carbocycles. The summed E-state index contributed by atoms with van der Waals surface area (Å²) in [4.78, 5) is 13.0. The Labute approximate surface area is 93.7 Å². The summed E-state index contributed by atoms with van der Waals surface area (Å²) in [6.45, 7) is 0.607. The van der Waals surface area contributed by atoms with Crippen molar-refractivity contribution in [3.8, 4) is 0 Å². The Morgan fingerprint density at radius 3 is 2.87 bits per heavy atom. The summed E-state index contributed by atoms with van der Waals surface area (Å²) in [6.07, 6.45) is 3.79. The SMILES string of the molecule is NC1(C(=O)NCc2cccs2)CCCC1. The molecule has 1 saturated carbocycles. The molecule has 0 spiro atoms. The number of carbonyl (C=O) groups is 1. The Hall–Kier alpha value is -0.870. The van der Waals surface area contributed by atoms with E-state index in [1.165, 1.54) is 4.88 Å². The van der Waals surface area contributed by atoms with Crippen LogP contribution in [0.15, 0.2) is 17.5 Å². The first-order valence-corrected chi connectivity index (χ1v) is 6.18. The van der Waals surface area contributed by atoms with Crippen molar-refractivity contribution < 1.29 is 4.79 Å². The molecule has 1 aliphatic rings. The molecule has 0 radical (unpaired) electrons. The van der Waals surface area contributed by atoms with Crippen molar-refractivity contribution in [1.29, 1.82) is 0 Å². The predicted octanol–water partition coefficient (Wildman–Crippen LogP) is 1.64. The third-order valence-electron chi connectivity index (χ3n) is 2.95. The smallest absolute Gasteiger partial charge is 0.240 e. The highest BCUT2D eigenvalue weighted by Crippen LogP contribution is 2.27. The van der Waals surface area contributed by atoms with Crippen LogP contribution >= 0.6 is 11.3 Å². The second-order valence-electron chi connectivity index (χ2n) is 4.13. The lowest BCUT2D eigenvalue weighted by Crippen LogP contribution is -2.51. The molecule has 0 bridgehead atoms. The molecular weight excluding hydrogens is 208 g/mol. The van der Waals surface area contributed by atoms with E-state index in [9.17, 15) is 4.79 Å². The van der Waals surface area contributed by atoms with E-state index in [0.29, 0.717) is 6.54 Å². The van der Waals surface area contributed by atoms with Crippen LogP contribution in [0.2, 0.25) is 0 Å². The van der Waals surface area contributed by atoms with Gasteiger partial charge in [0.2, 0.25) is 5.91 Å². The molecule has 82 valence electrons. The first-order chi connectivity index (χ1) is 7.21. The molecule has 0 aliphatic heterocycles. The van der Waals surface area contributed by atoms with Crippen LogP contribution in [0.3, 0.4) is 0 Å². The molecule has 0 saturated heterocycles. The first kappa shape index (κ1) is 10.6. The van der Waals surface area contributed by atoms with E-state index in [0.717, 1.165) is 25.7 Å². The standard InChI is InChI=1S/C11H16N2OS/c12-11(5-1-2-6-11)10(14)13-8-9-4-3-7-15-9/h3-4,7H,1-2,5-6,8,12H2,(H,13,14). The lowest BCUT2D eigenvalue weighted by atomic mass is 9.98. The summed E-state index contributed by atoms with van der Waals surface area (Å²) < 4.78 is 0. The highest BCUT2D eigenvalue weighted by Gasteiger charge is 2.36. The van der Waals surface area contributed by atoms with Crippen molar-refractivity contribution in [2.45, 2.75) is 37.8 Å². The zero-order valence-electron chi connectivity index (χ0n) is 8.66. The van der Waals surface area contributed by atoms with Gasteiger partial charge < -0.3 is 11.1 Å². The van der Waals surface area contributed by atoms with Crippen LogP contribution in [0.25, 0.3) is 0 Å². The molecule has 3 N–H and O–H groups in total. The van der Waals surface area contributed by atoms with E-state index in [-0.39, 0.29) is 5.91 Å². The Morgan fingerprint density at radius 2 is 2.27 bits per heavy atom. The van der Waals surface area contributed by atoms with Crippen molar-refractivity contribution in [3.05, 3.63) is 22.4 Å². The molecule has 1 fully saturated rings. The first-order valence-electron chi connectivity index (χ1n) is 5.30. The number of amides is 1. The van der Waals surface area contributed by atoms with Gasteiger partial charge in [0.05, 0.1) is 12.1 Å². The number of hydrogen-bond acceptors (Lipinski definition) is 3. The van der Waals surface area contributed by atoms with Crippen LogP contribution in [0, 0.1) is 0 Å². The Bertz CT molecular complexity index is 328. The maximum absolute atomic E-state index is 11.8. The van der Waals surface area contributed by atoms with Crippen LogP contribution in [-0.4, -0.2) is 11.4 Å². The zero-order valence-corrected chi connectivity index (χ0v) is 9.48. The normalized spacial score (nSPS) is 19.0. The van der Waals surface area contributed by atoms with Crippen molar-refractivity contribution >= 4 is 17.2 Å². The largest absolute Gasteiger partial charge is 0.350 e. The maximum Gasteiger partial charge on any atom is 0.240 e. The predicted molar refractivity (Wildman–Crippen MR) is 61.6 cm³/mol. The van der Waals surface area contributed by atoms with E-state index in [4.69, 9.17) is 5.73 Å². The van der Waals surface area contributed by atoms with Gasteiger partial charge in [0.15, 0.2) is 0 Å². The molecule has 0 aromatic carbocycles. The van der Waals surface area contributed by atoms with Crippen LogP contribution in [0.4, 0.5) is 0 Å². The summed E-state index contributed by atoms with van der Waals surface area (Å²) in [5.41, 5.74) is 5.43. The van der Waals surface area contributed by atoms with Gasteiger partial charge in [-0.25, -0.2) is 0 Å². The Morgan fingerprint density at radius 1 is 1.53 bits per heavy atom. The fraction of sp³-hybridized carbons (Fsp3) is 0.545. The molecule has 15 heavy (non-hydrogen) atoms. The van der Waals surface area contributed by atoms with Gasteiger partial charge in [-0.15, -0.1) is 11.3 Å². The molecule has 4 heteroatoms. The van der Waals surface area contributed by atoms with Crippen molar-refractivity contribution in [2.75, 3.05) is 0 Å². The fourth-order valence-electron chi connectivity index (χ4n) is 1.99. The average molecular weight is 224 g/mol. The van der Waals surface area contributed by atoms with Crippen molar-refractivity contribution in [2.24, 2.45) is 5.73 Å². The van der Waals surface area contributed by atoms with Crippen LogP contribution in [0.5, 0.6) is 0 Å². The summed E-state index contributed by atoms with van der Waals surface area (Å²) in [6, 6.07) is 4.00. The number of nitrogens with two attached hydrogens (primary N) is 1. The minimum Gasteiger partial charge on any atom is -0.350 e. The van der Waals surface area contributed by atoms with Gasteiger partial charge in [0, 0.05) is 4.88 Å². The van der Waals surface area contributed by atoms with Gasteiger partial charge in [-0.2, -0.15) is 0 Å². The van der Waals surface area contributed by atoms with E-state index in [1.54, 1.807) is 11.3 Å². The maximum atomic E-state index is 11.8. The van der Waals surface area contributed by atoms with E-state index < -0.39 is 5.54 Å². The molecule has 1 heterocycles. The Balaban J connectivity index is 1.87. The third-order valence-corrected chi connectivity index (χ3v) is 3.83. The van der Waals surface area contributed by atoms with Gasteiger partial charge >= 0.3 is 0 Å². The van der Waals surface area contributed by atoms with Crippen LogP contribution < -0.4 is 11.1 Å². The quantitative estimate of drug-likeness (QED) is 0.820. The number of thiophene rings is 1. The minimum atomic E-state index is -0.600. The molecule has 2 rings (SSSR count). The van der Waals surface area contributed by atoms with Crippen LogP contribution in [0.1, 0.15) is 30.6 Å². The van der Waals surface area contributed by atoms with Crippen molar-refractivity contribution in [3.63, 3.8) is 0 Å². The summed E-state index contributed by atoms with van der Waals surface area (Å²) in [7, 11) is 0. The van der Waals surface area contributed by atoms with Gasteiger partial charge in [0.1, 0.15) is 0 Å². The van der Waals surface area contributed by atoms with E-state index >= 15 is 0 Å². The number of hydrogen-bond donors (Lipinski definition) is 2. The lowest BCUT2D eigenvalue weighted by Gasteiger charge is -2.21. The average Bonchev–Trinajstić information content (AvgIpc) is 2.85. The lowest BCUT2D eigenvalue weighted by molar-refractivity contribution is -0.126. The second kappa shape index (κ2) is 4.33. The van der Waals surface area contributed by atoms with Crippen molar-refractivity contribution in [1.82, 2.24) is 5.32 Å². The molecule has 1 amide bonds. The number of rotatable bonds is 3. The molecule has 1 aromatic rings. The number of carbonyl (C=O) groups excluding carboxylic acids is 1. The van der Waals surface area contributed by atoms with Gasteiger partial charge in [-0.3, -0.25) is 4.79 Å². The zero-order chi connectivity index (χ0) is 10.7. The highest BCUT2D eigenvalue weighted by atomic mass is 32.1. The highest BCUT2D eigenvalue weighted by molar-refractivity contribution is 7.09. The van der Waals surface area contributed by atoms with Gasteiger partial charge in [-0.05, 0) is 24.3 Å². The van der Waals surface area contributed by atoms with E-state index in [2.05, 4.69) is 5.32 Å². The summed E-state index contributed by atoms with van der Waals surface area (Å²) in [5, 5.41) is 4.92. The minimum absolute atomic E-state index is 0.00778. The molecule has 0 atom stereocenters. The Kier molecular flexibility index (Phi) is 3.07. The molecule has 1 aromatic heterocycles. The van der Waals surface area contributed by atoms with Gasteiger partial charge in [-0.1, -0.05) is 18.9 Å².